The SMILES string of the molecule is COC(=O)C(=NOC(C)(C)C(=O)OC(C)(C)C)c1ccco1. The third-order valence-electron chi connectivity index (χ3n) is 2.39. The zero-order valence-electron chi connectivity index (χ0n) is 13.6. The molecular weight excluding hydrogens is 290 g/mol. The average molecular weight is 311 g/mol. The van der Waals surface area contributed by atoms with Crippen LogP contribution in [-0.2, 0) is 23.9 Å². The maximum Gasteiger partial charge on any atom is 0.364 e. The van der Waals surface area contributed by atoms with Crippen molar-refractivity contribution in [3.05, 3.63) is 24.2 Å². The van der Waals surface area contributed by atoms with Gasteiger partial charge in [-0.3, -0.25) is 0 Å². The summed E-state index contributed by atoms with van der Waals surface area (Å²) in [6, 6.07) is 3.12. The van der Waals surface area contributed by atoms with E-state index in [-0.39, 0.29) is 11.5 Å². The van der Waals surface area contributed by atoms with Gasteiger partial charge in [-0.05, 0) is 46.8 Å². The van der Waals surface area contributed by atoms with Crippen LogP contribution in [0, 0.1) is 0 Å². The highest BCUT2D eigenvalue weighted by atomic mass is 16.7. The van der Waals surface area contributed by atoms with Gasteiger partial charge >= 0.3 is 11.9 Å². The van der Waals surface area contributed by atoms with Crippen molar-refractivity contribution in [1.29, 1.82) is 0 Å². The Morgan fingerprint density at radius 1 is 1.18 bits per heavy atom. The summed E-state index contributed by atoms with van der Waals surface area (Å²) in [5, 5.41) is 3.71. The van der Waals surface area contributed by atoms with E-state index in [1.54, 1.807) is 26.8 Å². The molecule has 0 radical (unpaired) electrons. The molecular formula is C15H21NO6. The summed E-state index contributed by atoms with van der Waals surface area (Å²) in [6.07, 6.45) is 1.38. The highest BCUT2D eigenvalue weighted by Gasteiger charge is 2.36. The number of rotatable bonds is 5. The topological polar surface area (TPSA) is 87.3 Å². The Bertz CT molecular complexity index is 551. The number of carbonyl (C=O) groups is 2. The standard InChI is InChI=1S/C15H21NO6/c1-14(2,3)21-13(18)15(4,5)22-16-11(12(17)19-6)10-8-7-9-20-10/h7-9H,1-6H3. The normalized spacial score (nSPS) is 12.7. The molecule has 22 heavy (non-hydrogen) atoms. The van der Waals surface area contributed by atoms with E-state index in [2.05, 4.69) is 9.89 Å². The maximum atomic E-state index is 12.1. The second kappa shape index (κ2) is 6.64. The van der Waals surface area contributed by atoms with Gasteiger partial charge in [-0.25, -0.2) is 9.59 Å². The fraction of sp³-hybridized carbons (Fsp3) is 0.533. The van der Waals surface area contributed by atoms with E-state index in [4.69, 9.17) is 14.0 Å². The van der Waals surface area contributed by atoms with Gasteiger partial charge in [-0.1, -0.05) is 5.16 Å². The highest BCUT2D eigenvalue weighted by Crippen LogP contribution is 2.18. The van der Waals surface area contributed by atoms with Crippen LogP contribution in [0.2, 0.25) is 0 Å². The molecule has 0 aliphatic heterocycles. The first-order chi connectivity index (χ1) is 10.1. The fourth-order valence-electron chi connectivity index (χ4n) is 1.29. The van der Waals surface area contributed by atoms with Crippen molar-refractivity contribution in [2.24, 2.45) is 5.16 Å². The van der Waals surface area contributed by atoms with Crippen molar-refractivity contribution in [2.45, 2.75) is 45.8 Å². The molecule has 7 heteroatoms. The van der Waals surface area contributed by atoms with Gasteiger partial charge < -0.3 is 18.7 Å². The molecule has 7 nitrogen and oxygen atoms in total. The molecule has 122 valence electrons. The first-order valence-corrected chi connectivity index (χ1v) is 6.68. The molecule has 0 saturated carbocycles. The van der Waals surface area contributed by atoms with Crippen LogP contribution in [0.5, 0.6) is 0 Å². The van der Waals surface area contributed by atoms with Crippen LogP contribution < -0.4 is 0 Å². The van der Waals surface area contributed by atoms with Crippen LogP contribution >= 0.6 is 0 Å². The zero-order valence-corrected chi connectivity index (χ0v) is 13.6. The van der Waals surface area contributed by atoms with Crippen molar-refractivity contribution in [1.82, 2.24) is 0 Å². The summed E-state index contributed by atoms with van der Waals surface area (Å²) in [7, 11) is 1.21. The number of hydrogen-bond acceptors (Lipinski definition) is 7. The van der Waals surface area contributed by atoms with E-state index < -0.39 is 23.1 Å². The van der Waals surface area contributed by atoms with Gasteiger partial charge in [0, 0.05) is 0 Å². The first-order valence-electron chi connectivity index (χ1n) is 6.68. The van der Waals surface area contributed by atoms with Crippen LogP contribution in [-0.4, -0.2) is 36.0 Å². The Labute approximate surface area is 129 Å². The molecule has 0 saturated heterocycles. The number of nitrogens with zero attached hydrogens (tertiary/aromatic N) is 1. The number of oxime groups is 1. The third-order valence-corrected chi connectivity index (χ3v) is 2.39. The lowest BCUT2D eigenvalue weighted by atomic mass is 10.1. The van der Waals surface area contributed by atoms with Gasteiger partial charge in [0.15, 0.2) is 5.76 Å². The Morgan fingerprint density at radius 3 is 2.27 bits per heavy atom. The number of carbonyl (C=O) groups excluding carboxylic acids is 2. The number of ether oxygens (including phenoxy) is 2. The summed E-state index contributed by atoms with van der Waals surface area (Å²) >= 11 is 0. The third kappa shape index (κ3) is 4.91. The smallest absolute Gasteiger partial charge is 0.364 e. The maximum absolute atomic E-state index is 12.1. The van der Waals surface area contributed by atoms with E-state index >= 15 is 0 Å². The molecule has 0 amide bonds. The molecule has 1 aromatic rings. The number of esters is 2. The molecule has 0 aliphatic rings. The van der Waals surface area contributed by atoms with Crippen LogP contribution in [0.15, 0.2) is 28.0 Å². The number of furan rings is 1. The second-order valence-electron chi connectivity index (χ2n) is 6.01. The zero-order chi connectivity index (χ0) is 17.0. The summed E-state index contributed by atoms with van der Waals surface area (Å²) in [4.78, 5) is 29.0. The van der Waals surface area contributed by atoms with Gasteiger partial charge in [-0.2, -0.15) is 0 Å². The van der Waals surface area contributed by atoms with Gasteiger partial charge in [0.2, 0.25) is 11.3 Å². The van der Waals surface area contributed by atoms with Crippen LogP contribution in [0.1, 0.15) is 40.4 Å². The van der Waals surface area contributed by atoms with Crippen LogP contribution in [0.3, 0.4) is 0 Å². The monoisotopic (exact) mass is 311 g/mol. The van der Waals surface area contributed by atoms with E-state index in [1.165, 1.54) is 33.3 Å². The van der Waals surface area contributed by atoms with Crippen molar-refractivity contribution < 1.29 is 28.3 Å². The molecule has 0 unspecified atom stereocenters. The van der Waals surface area contributed by atoms with Gasteiger partial charge in [0.1, 0.15) is 5.60 Å². The van der Waals surface area contributed by atoms with Gasteiger partial charge in [0.05, 0.1) is 13.4 Å². The van der Waals surface area contributed by atoms with E-state index in [1.807, 2.05) is 0 Å². The summed E-state index contributed by atoms with van der Waals surface area (Å²) < 4.78 is 15.0. The minimum Gasteiger partial charge on any atom is -0.464 e. The minimum atomic E-state index is -1.38. The van der Waals surface area contributed by atoms with Gasteiger partial charge in [-0.15, -0.1) is 0 Å². The predicted molar refractivity (Wildman–Crippen MR) is 78.3 cm³/mol. The Balaban J connectivity index is 2.94. The van der Waals surface area contributed by atoms with Crippen molar-refractivity contribution >= 4 is 17.7 Å². The summed E-state index contributed by atoms with van der Waals surface area (Å²) in [5.74, 6) is -1.17. The van der Waals surface area contributed by atoms with Crippen LogP contribution in [0.25, 0.3) is 0 Å². The van der Waals surface area contributed by atoms with E-state index in [0.29, 0.717) is 0 Å². The van der Waals surface area contributed by atoms with Crippen LogP contribution in [0.4, 0.5) is 0 Å². The summed E-state index contributed by atoms with van der Waals surface area (Å²) in [5.41, 5.74) is -2.21. The van der Waals surface area contributed by atoms with Gasteiger partial charge in [0.25, 0.3) is 0 Å². The van der Waals surface area contributed by atoms with Crippen molar-refractivity contribution in [2.75, 3.05) is 7.11 Å². The molecule has 0 spiro atoms. The fourth-order valence-corrected chi connectivity index (χ4v) is 1.29. The first kappa shape index (κ1) is 17.7. The lowest BCUT2D eigenvalue weighted by Crippen LogP contribution is -2.40. The molecule has 1 rings (SSSR count). The summed E-state index contributed by atoms with van der Waals surface area (Å²) in [6.45, 7) is 8.20. The van der Waals surface area contributed by atoms with Crippen molar-refractivity contribution in [3.8, 4) is 0 Å². The lowest BCUT2D eigenvalue weighted by Gasteiger charge is -2.26. The second-order valence-corrected chi connectivity index (χ2v) is 6.01. The molecule has 0 bridgehead atoms. The molecule has 0 fully saturated rings. The molecule has 0 aliphatic carbocycles. The quantitative estimate of drug-likeness (QED) is 0.471. The Hall–Kier alpha value is -2.31. The molecule has 1 aromatic heterocycles. The largest absolute Gasteiger partial charge is 0.464 e. The number of methoxy groups -OCH3 is 1. The molecule has 0 aromatic carbocycles. The lowest BCUT2D eigenvalue weighted by molar-refractivity contribution is -0.179. The van der Waals surface area contributed by atoms with Crippen molar-refractivity contribution in [3.63, 3.8) is 0 Å². The molecule has 1 heterocycles. The van der Waals surface area contributed by atoms with E-state index in [0.717, 1.165) is 0 Å². The number of hydrogen-bond donors (Lipinski definition) is 0. The Kier molecular flexibility index (Phi) is 5.35. The molecule has 0 atom stereocenters. The minimum absolute atomic E-state index is 0.173. The predicted octanol–water partition coefficient (Wildman–Crippen LogP) is 2.29. The molecule has 0 N–H and O–H groups in total. The van der Waals surface area contributed by atoms with E-state index in [9.17, 15) is 9.59 Å². The highest BCUT2D eigenvalue weighted by molar-refractivity contribution is 6.42. The average Bonchev–Trinajstić information content (AvgIpc) is 2.90. The Morgan fingerprint density at radius 2 is 1.82 bits per heavy atom.